The van der Waals surface area contributed by atoms with Crippen LogP contribution in [0.15, 0.2) is 12.7 Å². The molecule has 2 aromatic heterocycles. The summed E-state index contributed by atoms with van der Waals surface area (Å²) in [4.78, 5) is 22.9. The number of imidazole rings is 1. The van der Waals surface area contributed by atoms with Crippen LogP contribution in [0, 0.1) is 5.92 Å². The Kier molecular flexibility index (Phi) is 6.08. The van der Waals surface area contributed by atoms with Gasteiger partial charge in [-0.15, -0.1) is 0 Å². The SMILES string of the molecule is C[C@@H](CCC[C@H](N)C(=O)O)C[C@H]1O[C@@H](n2cnc3c(N)ncnc32)[C@H](O)[C@@H]1O. The highest BCUT2D eigenvalue weighted by Crippen LogP contribution is 2.35. The Morgan fingerprint density at radius 1 is 1.29 bits per heavy atom. The third-order valence-electron chi connectivity index (χ3n) is 5.16. The monoisotopic (exact) mass is 394 g/mol. The van der Waals surface area contributed by atoms with Gasteiger partial charge in [0.25, 0.3) is 0 Å². The molecule has 2 aromatic rings. The summed E-state index contributed by atoms with van der Waals surface area (Å²) in [6.07, 6.45) is 1.44. The van der Waals surface area contributed by atoms with E-state index in [0.29, 0.717) is 30.4 Å². The van der Waals surface area contributed by atoms with E-state index < -0.39 is 36.6 Å². The summed E-state index contributed by atoms with van der Waals surface area (Å²) in [6, 6.07) is -0.865. The molecular weight excluding hydrogens is 368 g/mol. The first-order valence-electron chi connectivity index (χ1n) is 9.22. The van der Waals surface area contributed by atoms with Gasteiger partial charge in [0.05, 0.1) is 12.4 Å². The number of aliphatic hydroxyl groups is 2. The van der Waals surface area contributed by atoms with Crippen molar-refractivity contribution in [2.24, 2.45) is 11.7 Å². The largest absolute Gasteiger partial charge is 0.480 e. The van der Waals surface area contributed by atoms with Crippen molar-refractivity contribution in [3.8, 4) is 0 Å². The first kappa shape index (κ1) is 20.4. The van der Waals surface area contributed by atoms with Crippen molar-refractivity contribution in [3.63, 3.8) is 0 Å². The predicted octanol–water partition coefficient (Wildman–Crippen LogP) is -0.364. The maximum absolute atomic E-state index is 10.8. The third kappa shape index (κ3) is 4.07. The highest BCUT2D eigenvalue weighted by molar-refractivity contribution is 5.81. The summed E-state index contributed by atoms with van der Waals surface area (Å²) in [5.74, 6) is -0.629. The molecule has 0 saturated carbocycles. The fourth-order valence-electron chi connectivity index (χ4n) is 3.53. The molecule has 0 amide bonds. The minimum absolute atomic E-state index is 0.157. The number of carboxylic acid groups (broad SMARTS) is 1. The molecule has 11 heteroatoms. The summed E-state index contributed by atoms with van der Waals surface area (Å²) in [6.45, 7) is 1.99. The first-order chi connectivity index (χ1) is 13.3. The lowest BCUT2D eigenvalue weighted by Gasteiger charge is -2.19. The highest BCUT2D eigenvalue weighted by Gasteiger charge is 2.44. The normalized spacial score (nSPS) is 27.1. The van der Waals surface area contributed by atoms with Crippen LogP contribution in [0.4, 0.5) is 5.82 Å². The molecule has 154 valence electrons. The lowest BCUT2D eigenvalue weighted by Crippen LogP contribution is -2.32. The number of rotatable bonds is 8. The molecule has 1 saturated heterocycles. The van der Waals surface area contributed by atoms with E-state index in [1.165, 1.54) is 17.2 Å². The van der Waals surface area contributed by atoms with E-state index in [0.717, 1.165) is 6.42 Å². The van der Waals surface area contributed by atoms with Crippen LogP contribution in [0.5, 0.6) is 0 Å². The zero-order valence-corrected chi connectivity index (χ0v) is 15.5. The number of carbonyl (C=O) groups is 1. The van der Waals surface area contributed by atoms with Crippen LogP contribution >= 0.6 is 0 Å². The van der Waals surface area contributed by atoms with Crippen LogP contribution in [-0.2, 0) is 9.53 Å². The molecule has 3 heterocycles. The molecule has 0 radical (unpaired) electrons. The van der Waals surface area contributed by atoms with Gasteiger partial charge in [0, 0.05) is 0 Å². The lowest BCUT2D eigenvalue weighted by atomic mass is 9.94. The maximum atomic E-state index is 10.8. The second kappa shape index (κ2) is 8.35. The Morgan fingerprint density at radius 2 is 2.04 bits per heavy atom. The van der Waals surface area contributed by atoms with Crippen LogP contribution in [-0.4, -0.2) is 65.2 Å². The van der Waals surface area contributed by atoms with Crippen LogP contribution in [0.1, 0.15) is 38.8 Å². The molecule has 1 aliphatic heterocycles. The number of aromatic nitrogens is 4. The molecule has 3 rings (SSSR count). The van der Waals surface area contributed by atoms with Gasteiger partial charge in [-0.05, 0) is 18.8 Å². The van der Waals surface area contributed by atoms with Crippen molar-refractivity contribution >= 4 is 23.0 Å². The van der Waals surface area contributed by atoms with Gasteiger partial charge >= 0.3 is 5.97 Å². The number of nitrogens with two attached hydrogens (primary N) is 2. The number of fused-ring (bicyclic) bond motifs is 1. The number of carboxylic acids is 1. The van der Waals surface area contributed by atoms with Crippen molar-refractivity contribution in [2.45, 2.75) is 63.2 Å². The number of nitrogen functional groups attached to an aromatic ring is 1. The third-order valence-corrected chi connectivity index (χ3v) is 5.16. The van der Waals surface area contributed by atoms with Crippen molar-refractivity contribution in [1.82, 2.24) is 19.5 Å². The van der Waals surface area contributed by atoms with E-state index >= 15 is 0 Å². The van der Waals surface area contributed by atoms with Gasteiger partial charge < -0.3 is 31.5 Å². The Balaban J connectivity index is 1.62. The summed E-state index contributed by atoms with van der Waals surface area (Å²) >= 11 is 0. The number of ether oxygens (including phenoxy) is 1. The summed E-state index contributed by atoms with van der Waals surface area (Å²) in [7, 11) is 0. The van der Waals surface area contributed by atoms with E-state index in [4.69, 9.17) is 21.3 Å². The number of nitrogens with zero attached hydrogens (tertiary/aromatic N) is 4. The molecule has 6 atom stereocenters. The molecule has 7 N–H and O–H groups in total. The topological polar surface area (TPSA) is 183 Å². The van der Waals surface area contributed by atoms with Crippen molar-refractivity contribution in [2.75, 3.05) is 5.73 Å². The zero-order valence-electron chi connectivity index (χ0n) is 15.5. The van der Waals surface area contributed by atoms with Crippen molar-refractivity contribution in [1.29, 1.82) is 0 Å². The summed E-state index contributed by atoms with van der Waals surface area (Å²) in [5, 5.41) is 29.7. The van der Waals surface area contributed by atoms with Crippen LogP contribution < -0.4 is 11.5 Å². The second-order valence-corrected chi connectivity index (χ2v) is 7.35. The molecule has 0 aliphatic carbocycles. The van der Waals surface area contributed by atoms with Crippen LogP contribution in [0.2, 0.25) is 0 Å². The van der Waals surface area contributed by atoms with Gasteiger partial charge in [-0.3, -0.25) is 9.36 Å². The fraction of sp³-hybridized carbons (Fsp3) is 0.647. The Bertz CT molecular complexity index is 829. The van der Waals surface area contributed by atoms with Gasteiger partial charge in [0.1, 0.15) is 30.1 Å². The van der Waals surface area contributed by atoms with E-state index in [9.17, 15) is 15.0 Å². The van der Waals surface area contributed by atoms with Crippen molar-refractivity contribution in [3.05, 3.63) is 12.7 Å². The quantitative estimate of drug-likeness (QED) is 0.396. The zero-order chi connectivity index (χ0) is 20.4. The Hall–Kier alpha value is -2.34. The average Bonchev–Trinajstić information content (AvgIpc) is 3.19. The van der Waals surface area contributed by atoms with Gasteiger partial charge in [0.2, 0.25) is 0 Å². The fourth-order valence-corrected chi connectivity index (χ4v) is 3.53. The van der Waals surface area contributed by atoms with Crippen LogP contribution in [0.3, 0.4) is 0 Å². The molecule has 11 nitrogen and oxygen atoms in total. The van der Waals surface area contributed by atoms with Crippen molar-refractivity contribution < 1.29 is 24.9 Å². The van der Waals surface area contributed by atoms with Gasteiger partial charge in [-0.1, -0.05) is 19.8 Å². The van der Waals surface area contributed by atoms with E-state index in [1.54, 1.807) is 0 Å². The summed E-state index contributed by atoms with van der Waals surface area (Å²) < 4.78 is 7.46. The molecule has 28 heavy (non-hydrogen) atoms. The Morgan fingerprint density at radius 3 is 2.75 bits per heavy atom. The highest BCUT2D eigenvalue weighted by atomic mass is 16.6. The molecular formula is C17H26N6O5. The van der Waals surface area contributed by atoms with Crippen LogP contribution in [0.25, 0.3) is 11.2 Å². The number of aliphatic carboxylic acids is 1. The van der Waals surface area contributed by atoms with E-state index in [-0.39, 0.29) is 11.7 Å². The minimum atomic E-state index is -1.15. The maximum Gasteiger partial charge on any atom is 0.320 e. The van der Waals surface area contributed by atoms with Gasteiger partial charge in [0.15, 0.2) is 17.7 Å². The molecule has 0 aromatic carbocycles. The number of hydrogen-bond acceptors (Lipinski definition) is 9. The molecule has 0 unspecified atom stereocenters. The molecule has 1 aliphatic rings. The minimum Gasteiger partial charge on any atom is -0.480 e. The number of hydrogen-bond donors (Lipinski definition) is 5. The van der Waals surface area contributed by atoms with E-state index in [2.05, 4.69) is 15.0 Å². The lowest BCUT2D eigenvalue weighted by molar-refractivity contribution is -0.138. The van der Waals surface area contributed by atoms with E-state index in [1.807, 2.05) is 6.92 Å². The predicted molar refractivity (Wildman–Crippen MR) is 98.9 cm³/mol. The average molecular weight is 394 g/mol. The number of aliphatic hydroxyl groups excluding tert-OH is 2. The Labute approximate surface area is 161 Å². The first-order valence-corrected chi connectivity index (χ1v) is 9.22. The van der Waals surface area contributed by atoms with Gasteiger partial charge in [-0.25, -0.2) is 15.0 Å². The molecule has 0 spiro atoms. The molecule has 0 bridgehead atoms. The second-order valence-electron chi connectivity index (χ2n) is 7.35. The number of anilines is 1. The summed E-state index contributed by atoms with van der Waals surface area (Å²) in [5.41, 5.74) is 12.1. The van der Waals surface area contributed by atoms with Gasteiger partial charge in [-0.2, -0.15) is 0 Å². The molecule has 1 fully saturated rings. The smallest absolute Gasteiger partial charge is 0.320 e. The standard InChI is InChI=1S/C17H26N6O5/c1-8(3-2-4-9(18)17(26)27)5-10-12(24)13(25)16(28-10)23-7-22-11-14(19)20-6-21-15(11)23/h6-10,12-13,16,24-25H,2-5,18H2,1H3,(H,26,27)(H2,19,20,21)/t8-,9-,10+,12+,13+,16+/m0/s1.